The molecule has 0 amide bonds. The van der Waals surface area contributed by atoms with E-state index in [0.717, 1.165) is 0 Å². The van der Waals surface area contributed by atoms with Gasteiger partial charge in [-0.2, -0.15) is 0 Å². The van der Waals surface area contributed by atoms with Gasteiger partial charge in [0.2, 0.25) is 0 Å². The molecule has 0 atom stereocenters. The molecule has 0 bridgehead atoms. The molecule has 2 aromatic rings. The van der Waals surface area contributed by atoms with Crippen LogP contribution in [-0.2, 0) is 0 Å². The highest BCUT2D eigenvalue weighted by atomic mass is 32.1. The highest BCUT2D eigenvalue weighted by molar-refractivity contribution is 7.17. The third-order valence-electron chi connectivity index (χ3n) is 1.36. The standard InChI is InChI=1S/C8H6S.C3H9N/c1-2-4-8-7(3-1)5-6-9-8;1-3(2)4/h1-6H;3H,4H2,1-2H3. The van der Waals surface area contributed by atoms with Crippen LogP contribution in [0.2, 0.25) is 0 Å². The molecule has 2 N–H and O–H groups in total. The minimum Gasteiger partial charge on any atom is -0.328 e. The van der Waals surface area contributed by atoms with Crippen molar-refractivity contribution >= 4 is 21.4 Å². The van der Waals surface area contributed by atoms with Gasteiger partial charge in [0, 0.05) is 4.70 Å². The van der Waals surface area contributed by atoms with E-state index in [1.54, 1.807) is 11.3 Å². The van der Waals surface area contributed by atoms with Crippen LogP contribution in [0.4, 0.5) is 0 Å². The summed E-state index contributed by atoms with van der Waals surface area (Å²) in [6.45, 7) is 3.89. The summed E-state index contributed by atoms with van der Waals surface area (Å²) in [6.07, 6.45) is 0. The predicted molar refractivity (Wildman–Crippen MR) is 61.1 cm³/mol. The molecule has 0 unspecified atom stereocenters. The van der Waals surface area contributed by atoms with Crippen molar-refractivity contribution in [3.05, 3.63) is 35.7 Å². The topological polar surface area (TPSA) is 26.0 Å². The van der Waals surface area contributed by atoms with Gasteiger partial charge in [-0.15, -0.1) is 11.3 Å². The van der Waals surface area contributed by atoms with Crippen molar-refractivity contribution in [2.24, 2.45) is 5.73 Å². The number of rotatable bonds is 0. The van der Waals surface area contributed by atoms with Gasteiger partial charge in [-0.25, -0.2) is 0 Å². The first kappa shape index (κ1) is 10.2. The van der Waals surface area contributed by atoms with E-state index < -0.39 is 0 Å². The van der Waals surface area contributed by atoms with Crippen molar-refractivity contribution < 1.29 is 0 Å². The zero-order valence-electron chi connectivity index (χ0n) is 8.03. The first-order valence-corrected chi connectivity index (χ1v) is 5.26. The summed E-state index contributed by atoms with van der Waals surface area (Å²) in [7, 11) is 0. The minimum absolute atomic E-state index is 0.333. The van der Waals surface area contributed by atoms with Gasteiger partial charge in [0.05, 0.1) is 0 Å². The highest BCUT2D eigenvalue weighted by Gasteiger charge is 1.87. The Morgan fingerprint density at radius 2 is 1.77 bits per heavy atom. The number of hydrogen-bond acceptors (Lipinski definition) is 2. The van der Waals surface area contributed by atoms with E-state index in [9.17, 15) is 0 Å². The molecule has 1 heterocycles. The maximum atomic E-state index is 5.11. The van der Waals surface area contributed by atoms with Crippen molar-refractivity contribution in [1.82, 2.24) is 0 Å². The van der Waals surface area contributed by atoms with Gasteiger partial charge < -0.3 is 5.73 Å². The van der Waals surface area contributed by atoms with E-state index in [1.165, 1.54) is 10.1 Å². The molecule has 1 aromatic heterocycles. The molecule has 0 aliphatic rings. The minimum atomic E-state index is 0.333. The van der Waals surface area contributed by atoms with E-state index in [0.29, 0.717) is 6.04 Å². The predicted octanol–water partition coefficient (Wildman–Crippen LogP) is 3.25. The van der Waals surface area contributed by atoms with Crippen molar-refractivity contribution in [3.63, 3.8) is 0 Å². The maximum Gasteiger partial charge on any atom is 0.0342 e. The SMILES string of the molecule is CC(C)N.c1ccc2sccc2c1. The average Bonchev–Trinajstić information content (AvgIpc) is 2.49. The Labute approximate surface area is 83.2 Å². The van der Waals surface area contributed by atoms with Crippen molar-refractivity contribution in [3.8, 4) is 0 Å². The molecule has 1 nitrogen and oxygen atoms in total. The van der Waals surface area contributed by atoms with E-state index in [1.807, 2.05) is 13.8 Å². The van der Waals surface area contributed by atoms with E-state index in [2.05, 4.69) is 35.7 Å². The zero-order valence-corrected chi connectivity index (χ0v) is 8.84. The third-order valence-corrected chi connectivity index (χ3v) is 2.26. The molecule has 0 saturated carbocycles. The molecule has 0 radical (unpaired) electrons. The van der Waals surface area contributed by atoms with Crippen LogP contribution < -0.4 is 5.73 Å². The van der Waals surface area contributed by atoms with Crippen LogP contribution in [0.15, 0.2) is 35.7 Å². The largest absolute Gasteiger partial charge is 0.328 e. The second-order valence-electron chi connectivity index (χ2n) is 3.20. The van der Waals surface area contributed by atoms with Gasteiger partial charge in [0.25, 0.3) is 0 Å². The summed E-state index contributed by atoms with van der Waals surface area (Å²) in [5.41, 5.74) is 5.11. The number of benzene rings is 1. The highest BCUT2D eigenvalue weighted by Crippen LogP contribution is 2.18. The van der Waals surface area contributed by atoms with Crippen molar-refractivity contribution in [2.45, 2.75) is 19.9 Å². The lowest BCUT2D eigenvalue weighted by atomic mass is 10.3. The lowest BCUT2D eigenvalue weighted by molar-refractivity contribution is 0.834. The van der Waals surface area contributed by atoms with E-state index >= 15 is 0 Å². The van der Waals surface area contributed by atoms with Crippen molar-refractivity contribution in [1.29, 1.82) is 0 Å². The van der Waals surface area contributed by atoms with E-state index in [4.69, 9.17) is 5.73 Å². The molecule has 0 aliphatic heterocycles. The molecule has 0 fully saturated rings. The molecular weight excluding hydrogens is 178 g/mol. The normalized spacial score (nSPS) is 9.85. The van der Waals surface area contributed by atoms with Crippen LogP contribution >= 0.6 is 11.3 Å². The molecule has 70 valence electrons. The Kier molecular flexibility index (Phi) is 3.93. The molecule has 2 heteroatoms. The first-order chi connectivity index (χ1) is 6.20. The Morgan fingerprint density at radius 1 is 1.15 bits per heavy atom. The molecule has 1 aromatic carbocycles. The van der Waals surface area contributed by atoms with Crippen LogP contribution in [0.1, 0.15) is 13.8 Å². The first-order valence-electron chi connectivity index (χ1n) is 4.38. The van der Waals surface area contributed by atoms with Gasteiger partial charge in [0.1, 0.15) is 0 Å². The van der Waals surface area contributed by atoms with Crippen LogP contribution in [0.3, 0.4) is 0 Å². The molecule has 0 spiro atoms. The molecule has 13 heavy (non-hydrogen) atoms. The number of thiophene rings is 1. The number of nitrogens with two attached hydrogens (primary N) is 1. The van der Waals surface area contributed by atoms with Crippen LogP contribution in [0.25, 0.3) is 10.1 Å². The van der Waals surface area contributed by atoms with E-state index in [-0.39, 0.29) is 0 Å². The molecule has 0 aliphatic carbocycles. The second kappa shape index (κ2) is 5.00. The Balaban J connectivity index is 0.000000184. The monoisotopic (exact) mass is 193 g/mol. The van der Waals surface area contributed by atoms with Crippen LogP contribution in [0.5, 0.6) is 0 Å². The summed E-state index contributed by atoms with van der Waals surface area (Å²) in [5.74, 6) is 0. The third kappa shape index (κ3) is 3.57. The smallest absolute Gasteiger partial charge is 0.0342 e. The molecular formula is C11H15NS. The second-order valence-corrected chi connectivity index (χ2v) is 4.15. The van der Waals surface area contributed by atoms with Crippen LogP contribution in [-0.4, -0.2) is 6.04 Å². The van der Waals surface area contributed by atoms with Gasteiger partial charge in [-0.3, -0.25) is 0 Å². The maximum absolute atomic E-state index is 5.11. The average molecular weight is 193 g/mol. The lowest BCUT2D eigenvalue weighted by Crippen LogP contribution is -2.06. The van der Waals surface area contributed by atoms with Gasteiger partial charge >= 0.3 is 0 Å². The summed E-state index contributed by atoms with van der Waals surface area (Å²) in [6, 6.07) is 10.9. The van der Waals surface area contributed by atoms with Gasteiger partial charge in [0.15, 0.2) is 0 Å². The summed E-state index contributed by atoms with van der Waals surface area (Å²) < 4.78 is 1.37. The summed E-state index contributed by atoms with van der Waals surface area (Å²) in [5, 5.41) is 3.47. The Hall–Kier alpha value is -0.860. The fraction of sp³-hybridized carbons (Fsp3) is 0.273. The summed E-state index contributed by atoms with van der Waals surface area (Å²) in [4.78, 5) is 0. The van der Waals surface area contributed by atoms with Crippen LogP contribution in [0, 0.1) is 0 Å². The lowest BCUT2D eigenvalue weighted by Gasteiger charge is -1.82. The summed E-state index contributed by atoms with van der Waals surface area (Å²) >= 11 is 1.79. The molecule has 2 rings (SSSR count). The van der Waals surface area contributed by atoms with Gasteiger partial charge in [-0.05, 0) is 28.9 Å². The Morgan fingerprint density at radius 3 is 2.38 bits per heavy atom. The quantitative estimate of drug-likeness (QED) is 0.683. The fourth-order valence-electron chi connectivity index (χ4n) is 0.906. The van der Waals surface area contributed by atoms with Crippen molar-refractivity contribution in [2.75, 3.05) is 0 Å². The fourth-order valence-corrected chi connectivity index (χ4v) is 1.70. The van der Waals surface area contributed by atoms with Gasteiger partial charge in [-0.1, -0.05) is 32.0 Å². The number of fused-ring (bicyclic) bond motifs is 1. The Bertz CT molecular complexity index is 319. The number of hydrogen-bond donors (Lipinski definition) is 1. The molecule has 0 saturated heterocycles. The zero-order chi connectivity index (χ0) is 9.68.